The van der Waals surface area contributed by atoms with E-state index >= 15 is 0 Å². The van der Waals surface area contributed by atoms with Gasteiger partial charge in [0.2, 0.25) is 0 Å². The minimum absolute atomic E-state index is 0.390. The third-order valence-electron chi connectivity index (χ3n) is 4.36. The molecule has 0 saturated heterocycles. The van der Waals surface area contributed by atoms with E-state index < -0.39 is 0 Å². The van der Waals surface area contributed by atoms with E-state index in [0.717, 1.165) is 31.4 Å². The fourth-order valence-corrected chi connectivity index (χ4v) is 3.45. The Morgan fingerprint density at radius 1 is 0.591 bits per heavy atom. The highest BCUT2D eigenvalue weighted by Gasteiger charge is 2.52. The molecule has 3 aromatic rings. The van der Waals surface area contributed by atoms with Gasteiger partial charge in [-0.25, -0.2) is 0 Å². The third kappa shape index (κ3) is 1.18. The molecule has 0 bridgehead atoms. The van der Waals surface area contributed by atoms with Crippen molar-refractivity contribution in [3.8, 4) is 0 Å². The predicted octanol–water partition coefficient (Wildman–Crippen LogP) is 4.51. The van der Waals surface area contributed by atoms with E-state index in [4.69, 9.17) is 0 Å². The first-order valence-corrected chi connectivity index (χ1v) is 7.07. The van der Waals surface area contributed by atoms with Crippen LogP contribution >= 0.6 is 0 Å². The van der Waals surface area contributed by atoms with Gasteiger partial charge in [-0.2, -0.15) is 0 Å². The quantitative estimate of drug-likeness (QED) is 0.570. The van der Waals surface area contributed by atoms with Gasteiger partial charge in [0.1, 0.15) is 0 Å². The molecule has 5 rings (SSSR count). The third-order valence-corrected chi connectivity index (χ3v) is 4.36. The topological polar surface area (TPSA) is 40.2 Å². The van der Waals surface area contributed by atoms with Gasteiger partial charge < -0.3 is 0 Å². The van der Waals surface area contributed by atoms with E-state index in [1.165, 1.54) is 0 Å². The second kappa shape index (κ2) is 3.74. The summed E-state index contributed by atoms with van der Waals surface area (Å²) in [4.78, 5) is 25.7. The minimum Gasteiger partial charge on any atom is -0.0608 e. The number of fused-ring (bicyclic) bond motifs is 3. The van der Waals surface area contributed by atoms with E-state index in [9.17, 15) is 9.81 Å². The minimum atomic E-state index is 0.390. The molecule has 22 heavy (non-hydrogen) atoms. The molecule has 0 radical (unpaired) electrons. The molecule has 0 amide bonds. The van der Waals surface area contributed by atoms with Crippen molar-refractivity contribution in [3.05, 3.63) is 81.6 Å². The molecule has 0 fully saturated rings. The SMILES string of the molecule is O=[N+]1C2=C(c3cccc4cccc2c34)[N+](=O)c2ccccc21. The van der Waals surface area contributed by atoms with Crippen LogP contribution in [0.2, 0.25) is 0 Å². The van der Waals surface area contributed by atoms with Crippen LogP contribution in [0.1, 0.15) is 11.1 Å². The summed E-state index contributed by atoms with van der Waals surface area (Å²) in [6, 6.07) is 18.5. The Balaban J connectivity index is 1.94. The maximum Gasteiger partial charge on any atom is 0.348 e. The zero-order chi connectivity index (χ0) is 14.8. The summed E-state index contributed by atoms with van der Waals surface area (Å²) in [5, 5.41) is 2.01. The lowest BCUT2D eigenvalue weighted by molar-refractivity contribution is -0.424. The van der Waals surface area contributed by atoms with Crippen LogP contribution in [0, 0.1) is 9.81 Å². The molecule has 2 aliphatic rings. The van der Waals surface area contributed by atoms with Crippen molar-refractivity contribution in [1.29, 1.82) is 0 Å². The summed E-state index contributed by atoms with van der Waals surface area (Å²) in [5.41, 5.74) is 3.32. The Bertz CT molecular complexity index is 984. The number of nitroso groups, excluding NO2 is 2. The van der Waals surface area contributed by atoms with Gasteiger partial charge in [-0.05, 0) is 17.5 Å². The molecule has 1 aliphatic heterocycles. The fourth-order valence-electron chi connectivity index (χ4n) is 3.45. The van der Waals surface area contributed by atoms with Gasteiger partial charge in [0.25, 0.3) is 0 Å². The van der Waals surface area contributed by atoms with Crippen LogP contribution in [0.4, 0.5) is 11.4 Å². The lowest BCUT2D eigenvalue weighted by Gasteiger charge is -2.02. The lowest BCUT2D eigenvalue weighted by Crippen LogP contribution is -2.13. The number of para-hydroxylation sites is 2. The molecule has 4 heteroatoms. The monoisotopic (exact) mass is 286 g/mol. The van der Waals surface area contributed by atoms with Crippen molar-refractivity contribution >= 4 is 33.5 Å². The van der Waals surface area contributed by atoms with Crippen molar-refractivity contribution in [2.75, 3.05) is 0 Å². The molecular weight excluding hydrogens is 276 g/mol. The number of benzene rings is 3. The highest BCUT2D eigenvalue weighted by Crippen LogP contribution is 2.50. The normalized spacial score (nSPS) is 15.3. The standard InChI is InChI=1S/C18H10N2O2/c21-19-14-9-1-2-10-15(14)20(22)18-13-8-4-6-11-5-3-7-12(16(11)13)17(18)19/h1-10H/q+2. The highest BCUT2D eigenvalue weighted by atomic mass is 16.3. The van der Waals surface area contributed by atoms with Crippen LogP contribution in [-0.2, 0) is 0 Å². The largest absolute Gasteiger partial charge is 0.348 e. The lowest BCUT2D eigenvalue weighted by atomic mass is 10.0. The molecule has 0 atom stereocenters. The molecule has 1 aliphatic carbocycles. The molecule has 0 aromatic heterocycles. The van der Waals surface area contributed by atoms with Gasteiger partial charge >= 0.3 is 22.8 Å². The van der Waals surface area contributed by atoms with Gasteiger partial charge in [-0.3, -0.25) is 0 Å². The first-order valence-electron chi connectivity index (χ1n) is 7.07. The van der Waals surface area contributed by atoms with Crippen LogP contribution < -0.4 is 0 Å². The molecule has 3 aromatic carbocycles. The average Bonchev–Trinajstić information content (AvgIpc) is 2.90. The van der Waals surface area contributed by atoms with Crippen LogP contribution in [0.25, 0.3) is 22.2 Å². The van der Waals surface area contributed by atoms with Crippen molar-refractivity contribution in [2.45, 2.75) is 0 Å². The van der Waals surface area contributed by atoms with Crippen LogP contribution in [0.3, 0.4) is 0 Å². The van der Waals surface area contributed by atoms with Crippen LogP contribution in [0.5, 0.6) is 0 Å². The Kier molecular flexibility index (Phi) is 1.96. The number of hydrogen-bond donors (Lipinski definition) is 0. The molecule has 0 spiro atoms. The first kappa shape index (κ1) is 11.5. The van der Waals surface area contributed by atoms with Crippen molar-refractivity contribution < 1.29 is 9.52 Å². The van der Waals surface area contributed by atoms with Gasteiger partial charge in [0, 0.05) is 27.3 Å². The van der Waals surface area contributed by atoms with Gasteiger partial charge in [0.05, 0.1) is 20.6 Å². The summed E-state index contributed by atoms with van der Waals surface area (Å²) in [5.74, 6) is 0. The van der Waals surface area contributed by atoms with E-state index in [2.05, 4.69) is 0 Å². The molecule has 1 heterocycles. The molecule has 102 valence electrons. The Hall–Kier alpha value is -3.14. The van der Waals surface area contributed by atoms with E-state index in [1.807, 2.05) is 36.4 Å². The summed E-state index contributed by atoms with van der Waals surface area (Å²) < 4.78 is 1.77. The molecule has 0 saturated carbocycles. The van der Waals surface area contributed by atoms with E-state index in [0.29, 0.717) is 22.8 Å². The number of rotatable bonds is 0. The van der Waals surface area contributed by atoms with Crippen molar-refractivity contribution in [3.63, 3.8) is 0 Å². The summed E-state index contributed by atoms with van der Waals surface area (Å²) in [7, 11) is 0. The van der Waals surface area contributed by atoms with Gasteiger partial charge in [0.15, 0.2) is 0 Å². The highest BCUT2D eigenvalue weighted by molar-refractivity contribution is 6.10. The first-order chi connectivity index (χ1) is 10.8. The van der Waals surface area contributed by atoms with Crippen LogP contribution in [-0.4, -0.2) is 9.52 Å². The molecule has 0 N–H and O–H groups in total. The predicted molar refractivity (Wildman–Crippen MR) is 83.8 cm³/mol. The summed E-state index contributed by atoms with van der Waals surface area (Å²) in [6.07, 6.45) is 0. The maximum atomic E-state index is 12.8. The second-order valence-electron chi connectivity index (χ2n) is 5.48. The molecule has 4 nitrogen and oxygen atoms in total. The van der Waals surface area contributed by atoms with Crippen molar-refractivity contribution in [1.82, 2.24) is 0 Å². The number of nitrogens with zero attached hydrogens (tertiary/aromatic N) is 2. The smallest absolute Gasteiger partial charge is 0.0608 e. The van der Waals surface area contributed by atoms with Crippen LogP contribution in [0.15, 0.2) is 60.7 Å². The molecule has 0 unspecified atom stereocenters. The average molecular weight is 286 g/mol. The van der Waals surface area contributed by atoms with E-state index in [-0.39, 0.29) is 0 Å². The number of hydrogen-bond acceptors (Lipinski definition) is 2. The Morgan fingerprint density at radius 2 is 1.09 bits per heavy atom. The second-order valence-corrected chi connectivity index (χ2v) is 5.48. The summed E-state index contributed by atoms with van der Waals surface area (Å²) >= 11 is 0. The molecular formula is C18H10N2O2+2. The maximum absolute atomic E-state index is 12.8. The van der Waals surface area contributed by atoms with E-state index in [1.54, 1.807) is 24.3 Å². The fraction of sp³-hybridized carbons (Fsp3) is 0. The van der Waals surface area contributed by atoms with Gasteiger partial charge in [-0.15, -0.1) is 0 Å². The zero-order valence-electron chi connectivity index (χ0n) is 11.5. The Morgan fingerprint density at radius 3 is 1.59 bits per heavy atom. The van der Waals surface area contributed by atoms with Gasteiger partial charge in [-0.1, -0.05) is 36.4 Å². The summed E-state index contributed by atoms with van der Waals surface area (Å²) in [6.45, 7) is 0. The zero-order valence-corrected chi connectivity index (χ0v) is 11.5. The van der Waals surface area contributed by atoms with Crippen molar-refractivity contribution in [2.24, 2.45) is 0 Å². The Labute approximate surface area is 125 Å².